The second kappa shape index (κ2) is 4.70. The molecule has 3 heteroatoms. The minimum absolute atomic E-state index is 0.0701. The smallest absolute Gasteiger partial charge is 0.225 e. The van der Waals surface area contributed by atoms with Gasteiger partial charge in [-0.05, 0) is 28.6 Å². The topological polar surface area (TPSA) is 42.0 Å². The van der Waals surface area contributed by atoms with Crippen LogP contribution in [0.1, 0.15) is 23.5 Å². The highest BCUT2D eigenvalue weighted by Gasteiger charge is 2.27. The van der Waals surface area contributed by atoms with Gasteiger partial charge in [0.2, 0.25) is 5.91 Å². The maximum atomic E-state index is 12.1. The van der Waals surface area contributed by atoms with Gasteiger partial charge in [0.1, 0.15) is 0 Å². The maximum Gasteiger partial charge on any atom is 0.225 e. The summed E-state index contributed by atoms with van der Waals surface area (Å²) < 4.78 is 0. The van der Waals surface area contributed by atoms with E-state index in [9.17, 15) is 4.79 Å². The highest BCUT2D eigenvalue weighted by molar-refractivity contribution is 6.06. The van der Waals surface area contributed by atoms with Crippen molar-refractivity contribution in [2.45, 2.75) is 12.3 Å². The number of fused-ring (bicyclic) bond motifs is 3. The van der Waals surface area contributed by atoms with E-state index in [2.05, 4.69) is 34.6 Å². The zero-order valence-electron chi connectivity index (χ0n) is 11.4. The Labute approximate surface area is 122 Å². The molecule has 2 aromatic carbocycles. The molecule has 1 aliphatic heterocycles. The SMILES string of the molecule is O=C1CC(c2ccncc2)c2ccc3ccccc3c2N1. The molecule has 0 saturated carbocycles. The third kappa shape index (κ3) is 1.98. The first-order chi connectivity index (χ1) is 10.3. The van der Waals surface area contributed by atoms with Crippen molar-refractivity contribution in [2.75, 3.05) is 5.32 Å². The minimum Gasteiger partial charge on any atom is -0.325 e. The van der Waals surface area contributed by atoms with Crippen LogP contribution in [0, 0.1) is 0 Å². The lowest BCUT2D eigenvalue weighted by Crippen LogP contribution is -2.23. The number of carbonyl (C=O) groups excluding carboxylic acids is 1. The van der Waals surface area contributed by atoms with Crippen LogP contribution >= 0.6 is 0 Å². The Morgan fingerprint density at radius 2 is 1.81 bits per heavy atom. The third-order valence-electron chi connectivity index (χ3n) is 4.10. The molecular formula is C18H14N2O. The van der Waals surface area contributed by atoms with Crippen molar-refractivity contribution in [1.82, 2.24) is 4.98 Å². The lowest BCUT2D eigenvalue weighted by Gasteiger charge is -2.27. The molecule has 1 aromatic heterocycles. The quantitative estimate of drug-likeness (QED) is 0.735. The Kier molecular flexibility index (Phi) is 2.71. The van der Waals surface area contributed by atoms with E-state index in [1.807, 2.05) is 24.3 Å². The van der Waals surface area contributed by atoms with Crippen LogP contribution in [0.5, 0.6) is 0 Å². The standard InChI is InChI=1S/C18H14N2O/c21-17-11-16(13-7-9-19-10-8-13)15-6-5-12-3-1-2-4-14(12)18(15)20-17/h1-10,16H,11H2,(H,20,21). The van der Waals surface area contributed by atoms with Crippen molar-refractivity contribution < 1.29 is 4.79 Å². The fourth-order valence-electron chi connectivity index (χ4n) is 3.10. The van der Waals surface area contributed by atoms with Gasteiger partial charge in [-0.1, -0.05) is 36.4 Å². The summed E-state index contributed by atoms with van der Waals surface area (Å²) in [6.07, 6.45) is 4.04. The predicted octanol–water partition coefficient (Wildman–Crippen LogP) is 3.71. The first kappa shape index (κ1) is 12.1. The number of rotatable bonds is 1. The summed E-state index contributed by atoms with van der Waals surface area (Å²) >= 11 is 0. The Morgan fingerprint density at radius 1 is 1.00 bits per heavy atom. The number of aromatic nitrogens is 1. The van der Waals surface area contributed by atoms with E-state index in [0.717, 1.165) is 22.0 Å². The van der Waals surface area contributed by atoms with Crippen LogP contribution in [0.15, 0.2) is 60.9 Å². The first-order valence-electron chi connectivity index (χ1n) is 7.04. The molecular weight excluding hydrogens is 260 g/mol. The van der Waals surface area contributed by atoms with Crippen LogP contribution in [0.25, 0.3) is 10.8 Å². The van der Waals surface area contributed by atoms with Crippen LogP contribution in [0.3, 0.4) is 0 Å². The second-order valence-electron chi connectivity index (χ2n) is 5.34. The van der Waals surface area contributed by atoms with Crippen LogP contribution in [0.4, 0.5) is 5.69 Å². The van der Waals surface area contributed by atoms with Gasteiger partial charge in [-0.3, -0.25) is 9.78 Å². The van der Waals surface area contributed by atoms with Gasteiger partial charge in [0, 0.05) is 30.1 Å². The van der Waals surface area contributed by atoms with Crippen molar-refractivity contribution in [2.24, 2.45) is 0 Å². The van der Waals surface area contributed by atoms with Crippen molar-refractivity contribution in [3.8, 4) is 0 Å². The molecule has 1 N–H and O–H groups in total. The highest BCUT2D eigenvalue weighted by atomic mass is 16.1. The molecule has 3 aromatic rings. The molecule has 0 fully saturated rings. The molecule has 0 saturated heterocycles. The van der Waals surface area contributed by atoms with Gasteiger partial charge in [0.05, 0.1) is 5.69 Å². The molecule has 0 radical (unpaired) electrons. The third-order valence-corrected chi connectivity index (χ3v) is 4.10. The van der Waals surface area contributed by atoms with Crippen molar-refractivity contribution in [3.05, 3.63) is 72.1 Å². The van der Waals surface area contributed by atoms with Gasteiger partial charge >= 0.3 is 0 Å². The second-order valence-corrected chi connectivity index (χ2v) is 5.34. The van der Waals surface area contributed by atoms with Crippen molar-refractivity contribution in [1.29, 1.82) is 0 Å². The lowest BCUT2D eigenvalue weighted by molar-refractivity contribution is -0.116. The van der Waals surface area contributed by atoms with Crippen molar-refractivity contribution >= 4 is 22.4 Å². The summed E-state index contributed by atoms with van der Waals surface area (Å²) in [6, 6.07) is 16.4. The fourth-order valence-corrected chi connectivity index (χ4v) is 3.10. The van der Waals surface area contributed by atoms with E-state index in [-0.39, 0.29) is 11.8 Å². The van der Waals surface area contributed by atoms with E-state index in [0.29, 0.717) is 6.42 Å². The Hall–Kier alpha value is -2.68. The van der Waals surface area contributed by atoms with Gasteiger partial charge in [-0.2, -0.15) is 0 Å². The van der Waals surface area contributed by atoms with Gasteiger partial charge < -0.3 is 5.32 Å². The predicted molar refractivity (Wildman–Crippen MR) is 83.3 cm³/mol. The summed E-state index contributed by atoms with van der Waals surface area (Å²) in [5, 5.41) is 5.29. The maximum absolute atomic E-state index is 12.1. The molecule has 1 atom stereocenters. The van der Waals surface area contributed by atoms with Gasteiger partial charge in [-0.15, -0.1) is 0 Å². The van der Waals surface area contributed by atoms with Crippen LogP contribution in [-0.2, 0) is 4.79 Å². The molecule has 2 heterocycles. The number of pyridine rings is 1. The molecule has 1 amide bonds. The minimum atomic E-state index is 0.0701. The fraction of sp³-hybridized carbons (Fsp3) is 0.111. The Balaban J connectivity index is 1.95. The average Bonchev–Trinajstić information content (AvgIpc) is 2.55. The molecule has 0 aliphatic carbocycles. The molecule has 1 unspecified atom stereocenters. The number of nitrogens with zero attached hydrogens (tertiary/aromatic N) is 1. The van der Waals surface area contributed by atoms with E-state index in [1.54, 1.807) is 12.4 Å². The number of nitrogens with one attached hydrogen (secondary N) is 1. The highest BCUT2D eigenvalue weighted by Crippen LogP contribution is 2.40. The first-order valence-corrected chi connectivity index (χ1v) is 7.04. The van der Waals surface area contributed by atoms with E-state index in [1.165, 1.54) is 5.56 Å². The van der Waals surface area contributed by atoms with E-state index < -0.39 is 0 Å². The van der Waals surface area contributed by atoms with E-state index in [4.69, 9.17) is 0 Å². The van der Waals surface area contributed by atoms with Crippen molar-refractivity contribution in [3.63, 3.8) is 0 Å². The van der Waals surface area contributed by atoms with Gasteiger partial charge in [-0.25, -0.2) is 0 Å². The molecule has 21 heavy (non-hydrogen) atoms. The lowest BCUT2D eigenvalue weighted by atomic mass is 9.84. The molecule has 4 rings (SSSR count). The summed E-state index contributed by atoms with van der Waals surface area (Å²) in [7, 11) is 0. The van der Waals surface area contributed by atoms with Gasteiger partial charge in [0.15, 0.2) is 0 Å². The molecule has 0 bridgehead atoms. The van der Waals surface area contributed by atoms with Crippen LogP contribution in [-0.4, -0.2) is 10.9 Å². The number of benzene rings is 2. The van der Waals surface area contributed by atoms with Gasteiger partial charge in [0.25, 0.3) is 0 Å². The number of carbonyl (C=O) groups is 1. The average molecular weight is 274 g/mol. The molecule has 3 nitrogen and oxygen atoms in total. The number of anilines is 1. The van der Waals surface area contributed by atoms with Crippen LogP contribution in [0.2, 0.25) is 0 Å². The van der Waals surface area contributed by atoms with E-state index >= 15 is 0 Å². The summed E-state index contributed by atoms with van der Waals surface area (Å²) in [4.78, 5) is 16.2. The number of hydrogen-bond acceptors (Lipinski definition) is 2. The zero-order chi connectivity index (χ0) is 14.2. The summed E-state index contributed by atoms with van der Waals surface area (Å²) in [5.74, 6) is 0.169. The molecule has 0 spiro atoms. The molecule has 102 valence electrons. The van der Waals surface area contributed by atoms with Crippen LogP contribution < -0.4 is 5.32 Å². The molecule has 1 aliphatic rings. The monoisotopic (exact) mass is 274 g/mol. The summed E-state index contributed by atoms with van der Waals surface area (Å²) in [5.41, 5.74) is 3.27. The number of amides is 1. The Morgan fingerprint density at radius 3 is 2.67 bits per heavy atom. The largest absolute Gasteiger partial charge is 0.325 e. The number of hydrogen-bond donors (Lipinski definition) is 1. The normalized spacial score (nSPS) is 17.3. The Bertz CT molecular complexity index is 827. The zero-order valence-corrected chi connectivity index (χ0v) is 11.4. The summed E-state index contributed by atoms with van der Waals surface area (Å²) in [6.45, 7) is 0.